The van der Waals surface area contributed by atoms with Crippen LogP contribution in [0.5, 0.6) is 5.75 Å². The Bertz CT molecular complexity index is 592. The van der Waals surface area contributed by atoms with Gasteiger partial charge in [0.15, 0.2) is 0 Å². The van der Waals surface area contributed by atoms with E-state index in [1.54, 1.807) is 37.3 Å². The number of hydrogen-bond donors (Lipinski definition) is 2. The van der Waals surface area contributed by atoms with Crippen LogP contribution in [-0.2, 0) is 4.79 Å². The molecule has 0 fully saturated rings. The van der Waals surface area contributed by atoms with Gasteiger partial charge in [0.2, 0.25) is 0 Å². The third kappa shape index (κ3) is 2.19. The Hall–Kier alpha value is -1.74. The molecular formula is C13H11ClO3. The van der Waals surface area contributed by atoms with Crippen molar-refractivity contribution in [2.75, 3.05) is 0 Å². The second-order valence-corrected chi connectivity index (χ2v) is 4.38. The van der Waals surface area contributed by atoms with Crippen molar-refractivity contribution in [1.82, 2.24) is 0 Å². The molecule has 2 rings (SSSR count). The minimum absolute atomic E-state index is 0.0261. The number of phenolic OH excluding ortho intramolecular Hbond substituents is 1. The third-order valence-corrected chi connectivity index (χ3v) is 3.10. The summed E-state index contributed by atoms with van der Waals surface area (Å²) < 4.78 is 0. The average Bonchev–Trinajstić information content (AvgIpc) is 2.29. The Kier molecular flexibility index (Phi) is 2.94. The first-order chi connectivity index (χ1) is 7.99. The van der Waals surface area contributed by atoms with Gasteiger partial charge < -0.3 is 10.2 Å². The SMILES string of the molecule is C[C@H](C(=O)O)c1ccc2cc(O)c(Cl)cc2c1. The number of fused-ring (bicyclic) bond motifs is 1. The van der Waals surface area contributed by atoms with Crippen molar-refractivity contribution in [3.05, 3.63) is 40.9 Å². The van der Waals surface area contributed by atoms with Crippen molar-refractivity contribution >= 4 is 28.3 Å². The number of carboxylic acids is 1. The van der Waals surface area contributed by atoms with E-state index in [-0.39, 0.29) is 10.8 Å². The van der Waals surface area contributed by atoms with Gasteiger partial charge in [0, 0.05) is 0 Å². The van der Waals surface area contributed by atoms with Gasteiger partial charge >= 0.3 is 5.97 Å². The van der Waals surface area contributed by atoms with Crippen LogP contribution in [0.15, 0.2) is 30.3 Å². The zero-order valence-electron chi connectivity index (χ0n) is 9.14. The van der Waals surface area contributed by atoms with Gasteiger partial charge in [-0.3, -0.25) is 4.79 Å². The Morgan fingerprint density at radius 3 is 2.59 bits per heavy atom. The molecule has 0 aliphatic carbocycles. The lowest BCUT2D eigenvalue weighted by atomic mass is 9.98. The molecule has 0 heterocycles. The molecular weight excluding hydrogens is 240 g/mol. The molecule has 0 bridgehead atoms. The fourth-order valence-corrected chi connectivity index (χ4v) is 1.86. The number of hydrogen-bond acceptors (Lipinski definition) is 2. The standard InChI is InChI=1S/C13H11ClO3/c1-7(13(16)17)8-2-3-9-6-12(15)11(14)5-10(9)4-8/h2-7,15H,1H3,(H,16,17)/t7-/m0/s1. The molecule has 0 spiro atoms. The number of carbonyl (C=O) groups is 1. The van der Waals surface area contributed by atoms with Gasteiger partial charge in [-0.25, -0.2) is 0 Å². The van der Waals surface area contributed by atoms with Crippen molar-refractivity contribution < 1.29 is 15.0 Å². The summed E-state index contributed by atoms with van der Waals surface area (Å²) in [6.07, 6.45) is 0. The largest absolute Gasteiger partial charge is 0.506 e. The van der Waals surface area contributed by atoms with Crippen molar-refractivity contribution in [3.63, 3.8) is 0 Å². The van der Waals surface area contributed by atoms with E-state index in [4.69, 9.17) is 16.7 Å². The van der Waals surface area contributed by atoms with E-state index in [0.717, 1.165) is 10.8 Å². The van der Waals surface area contributed by atoms with Crippen LogP contribution in [0.3, 0.4) is 0 Å². The minimum Gasteiger partial charge on any atom is -0.506 e. The number of aromatic hydroxyl groups is 1. The molecule has 0 aliphatic rings. The lowest BCUT2D eigenvalue weighted by Gasteiger charge is -2.08. The van der Waals surface area contributed by atoms with E-state index in [9.17, 15) is 9.90 Å². The predicted octanol–water partition coefficient (Wildman–Crippen LogP) is 3.39. The molecule has 17 heavy (non-hydrogen) atoms. The van der Waals surface area contributed by atoms with Crippen molar-refractivity contribution in [3.8, 4) is 5.75 Å². The zero-order chi connectivity index (χ0) is 12.6. The van der Waals surface area contributed by atoms with E-state index >= 15 is 0 Å². The fraction of sp³-hybridized carbons (Fsp3) is 0.154. The normalized spacial score (nSPS) is 12.6. The molecule has 0 saturated heterocycles. The predicted molar refractivity (Wildman–Crippen MR) is 66.7 cm³/mol. The fourth-order valence-electron chi connectivity index (χ4n) is 1.69. The molecule has 0 amide bonds. The Balaban J connectivity index is 2.57. The quantitative estimate of drug-likeness (QED) is 0.859. The molecule has 0 saturated carbocycles. The first kappa shape index (κ1) is 11.7. The van der Waals surface area contributed by atoms with Gasteiger partial charge in [-0.2, -0.15) is 0 Å². The maximum absolute atomic E-state index is 10.9. The van der Waals surface area contributed by atoms with Gasteiger partial charge in [0.1, 0.15) is 5.75 Å². The van der Waals surface area contributed by atoms with Crippen LogP contribution in [0.25, 0.3) is 10.8 Å². The van der Waals surface area contributed by atoms with Crippen LogP contribution in [0, 0.1) is 0 Å². The van der Waals surface area contributed by atoms with Crippen LogP contribution in [-0.4, -0.2) is 16.2 Å². The third-order valence-electron chi connectivity index (χ3n) is 2.80. The van der Waals surface area contributed by atoms with Crippen LogP contribution in [0.4, 0.5) is 0 Å². The summed E-state index contributed by atoms with van der Waals surface area (Å²) in [4.78, 5) is 10.9. The van der Waals surface area contributed by atoms with Crippen molar-refractivity contribution in [2.24, 2.45) is 0 Å². The highest BCUT2D eigenvalue weighted by atomic mass is 35.5. The van der Waals surface area contributed by atoms with Crippen LogP contribution >= 0.6 is 11.6 Å². The molecule has 88 valence electrons. The second-order valence-electron chi connectivity index (χ2n) is 3.97. The maximum Gasteiger partial charge on any atom is 0.310 e. The first-order valence-corrected chi connectivity index (χ1v) is 5.52. The second kappa shape index (κ2) is 4.26. The number of halogens is 1. The van der Waals surface area contributed by atoms with Crippen LogP contribution in [0.2, 0.25) is 5.02 Å². The monoisotopic (exact) mass is 250 g/mol. The smallest absolute Gasteiger partial charge is 0.310 e. The topological polar surface area (TPSA) is 57.5 Å². The molecule has 0 unspecified atom stereocenters. The summed E-state index contributed by atoms with van der Waals surface area (Å²) >= 11 is 5.82. The Morgan fingerprint density at radius 1 is 1.24 bits per heavy atom. The van der Waals surface area contributed by atoms with Crippen LogP contribution < -0.4 is 0 Å². The van der Waals surface area contributed by atoms with E-state index in [2.05, 4.69) is 0 Å². The van der Waals surface area contributed by atoms with Gasteiger partial charge in [-0.05, 0) is 35.4 Å². The molecule has 3 nitrogen and oxygen atoms in total. The summed E-state index contributed by atoms with van der Waals surface area (Å²) in [6.45, 7) is 1.63. The molecule has 2 aromatic carbocycles. The lowest BCUT2D eigenvalue weighted by Crippen LogP contribution is -2.06. The molecule has 0 aliphatic heterocycles. The molecule has 0 aromatic heterocycles. The summed E-state index contributed by atoms with van der Waals surface area (Å²) in [5, 5.41) is 20.3. The van der Waals surface area contributed by atoms with Gasteiger partial charge in [-0.1, -0.05) is 29.8 Å². The maximum atomic E-state index is 10.9. The highest BCUT2D eigenvalue weighted by Crippen LogP contribution is 2.30. The summed E-state index contributed by atoms with van der Waals surface area (Å²) in [5.74, 6) is -1.40. The minimum atomic E-state index is -0.866. The summed E-state index contributed by atoms with van der Waals surface area (Å²) in [5.41, 5.74) is 0.715. The summed E-state index contributed by atoms with van der Waals surface area (Å²) in [7, 11) is 0. The van der Waals surface area contributed by atoms with Crippen molar-refractivity contribution in [1.29, 1.82) is 0 Å². The number of phenols is 1. The number of carboxylic acid groups (broad SMARTS) is 1. The first-order valence-electron chi connectivity index (χ1n) is 5.14. The number of aliphatic carboxylic acids is 1. The van der Waals surface area contributed by atoms with E-state index in [0.29, 0.717) is 5.56 Å². The van der Waals surface area contributed by atoms with E-state index in [1.807, 2.05) is 0 Å². The van der Waals surface area contributed by atoms with Crippen LogP contribution in [0.1, 0.15) is 18.4 Å². The van der Waals surface area contributed by atoms with Crippen molar-refractivity contribution in [2.45, 2.75) is 12.8 Å². The Morgan fingerprint density at radius 2 is 1.94 bits per heavy atom. The van der Waals surface area contributed by atoms with Gasteiger partial charge in [0.05, 0.1) is 10.9 Å². The van der Waals surface area contributed by atoms with E-state index < -0.39 is 11.9 Å². The average molecular weight is 251 g/mol. The van der Waals surface area contributed by atoms with Gasteiger partial charge in [-0.15, -0.1) is 0 Å². The Labute approximate surface area is 103 Å². The molecule has 1 atom stereocenters. The molecule has 0 radical (unpaired) electrons. The number of benzene rings is 2. The zero-order valence-corrected chi connectivity index (χ0v) is 9.90. The molecule has 2 aromatic rings. The highest BCUT2D eigenvalue weighted by Gasteiger charge is 2.14. The van der Waals surface area contributed by atoms with E-state index in [1.165, 1.54) is 0 Å². The van der Waals surface area contributed by atoms with Gasteiger partial charge in [0.25, 0.3) is 0 Å². The summed E-state index contributed by atoms with van der Waals surface area (Å²) in [6, 6.07) is 8.49. The molecule has 4 heteroatoms. The number of rotatable bonds is 2. The molecule has 2 N–H and O–H groups in total. The lowest BCUT2D eigenvalue weighted by molar-refractivity contribution is -0.138. The highest BCUT2D eigenvalue weighted by molar-refractivity contribution is 6.32.